The van der Waals surface area contributed by atoms with Crippen molar-refractivity contribution in [3.8, 4) is 0 Å². The summed E-state index contributed by atoms with van der Waals surface area (Å²) in [5, 5.41) is 11.1. The third-order valence-corrected chi connectivity index (χ3v) is 3.47. The summed E-state index contributed by atoms with van der Waals surface area (Å²) in [5.41, 5.74) is 11.5. The summed E-state index contributed by atoms with van der Waals surface area (Å²) in [6, 6.07) is 4.88. The normalized spacial score (nSPS) is 16.3. The van der Waals surface area contributed by atoms with E-state index in [0.717, 1.165) is 0 Å². The highest BCUT2D eigenvalue weighted by molar-refractivity contribution is 5.78. The van der Waals surface area contributed by atoms with Crippen LogP contribution in [0.4, 0.5) is 17.1 Å². The zero-order valence-corrected chi connectivity index (χ0v) is 10.4. The molecule has 1 saturated heterocycles. The van der Waals surface area contributed by atoms with Gasteiger partial charge in [-0.15, -0.1) is 0 Å². The summed E-state index contributed by atoms with van der Waals surface area (Å²) >= 11 is 0. The molecule has 0 atom stereocenters. The molecule has 0 aliphatic carbocycles. The molecule has 19 heavy (non-hydrogen) atoms. The van der Waals surface area contributed by atoms with Crippen LogP contribution in [0.5, 0.6) is 0 Å². The number of nitrogen functional groups attached to an aromatic ring is 1. The Morgan fingerprint density at radius 3 is 2.53 bits per heavy atom. The molecular weight excluding hydrogens is 248 g/mol. The maximum absolute atomic E-state index is 11.1. The maximum Gasteiger partial charge on any atom is 0.315 e. The van der Waals surface area contributed by atoms with Crippen molar-refractivity contribution in [3.05, 3.63) is 28.3 Å². The molecule has 1 aliphatic rings. The molecule has 0 bridgehead atoms. The van der Waals surface area contributed by atoms with Gasteiger partial charge in [-0.1, -0.05) is 6.07 Å². The van der Waals surface area contributed by atoms with Crippen LogP contribution >= 0.6 is 0 Å². The second-order valence-electron chi connectivity index (χ2n) is 4.64. The molecule has 0 radical (unpaired) electrons. The van der Waals surface area contributed by atoms with E-state index in [1.54, 1.807) is 12.1 Å². The Morgan fingerprint density at radius 1 is 1.37 bits per heavy atom. The van der Waals surface area contributed by atoms with Crippen LogP contribution in [-0.4, -0.2) is 23.9 Å². The molecule has 0 aromatic heterocycles. The Bertz CT molecular complexity index is 510. The first-order valence-corrected chi connectivity index (χ1v) is 6.08. The summed E-state index contributed by atoms with van der Waals surface area (Å²) in [4.78, 5) is 23.6. The fraction of sp³-hybridized carbons (Fsp3) is 0.417. The van der Waals surface area contributed by atoms with E-state index in [0.29, 0.717) is 31.6 Å². The summed E-state index contributed by atoms with van der Waals surface area (Å²) in [5.74, 6) is -0.446. The van der Waals surface area contributed by atoms with Gasteiger partial charge in [0.1, 0.15) is 11.4 Å². The van der Waals surface area contributed by atoms with Crippen molar-refractivity contribution in [1.82, 2.24) is 0 Å². The Hall–Kier alpha value is -2.31. The quantitative estimate of drug-likeness (QED) is 0.477. The predicted molar refractivity (Wildman–Crippen MR) is 71.6 cm³/mol. The third kappa shape index (κ3) is 2.59. The number of anilines is 2. The van der Waals surface area contributed by atoms with Gasteiger partial charge in [0.2, 0.25) is 5.91 Å². The van der Waals surface area contributed by atoms with E-state index < -0.39 is 4.92 Å². The highest BCUT2D eigenvalue weighted by Gasteiger charge is 2.28. The number of nitrogens with zero attached hydrogens (tertiary/aromatic N) is 2. The predicted octanol–water partition coefficient (Wildman–Crippen LogP) is 0.879. The third-order valence-electron chi connectivity index (χ3n) is 3.47. The molecule has 0 saturated carbocycles. The van der Waals surface area contributed by atoms with E-state index in [9.17, 15) is 14.9 Å². The molecular formula is C12H16N4O3. The smallest absolute Gasteiger partial charge is 0.315 e. The number of amides is 1. The van der Waals surface area contributed by atoms with E-state index >= 15 is 0 Å². The molecule has 1 heterocycles. The number of rotatable bonds is 3. The van der Waals surface area contributed by atoms with Crippen LogP contribution in [0.2, 0.25) is 0 Å². The molecule has 7 heteroatoms. The Labute approximate surface area is 110 Å². The lowest BCUT2D eigenvalue weighted by Crippen LogP contribution is -2.38. The van der Waals surface area contributed by atoms with Crippen molar-refractivity contribution in [1.29, 1.82) is 0 Å². The van der Waals surface area contributed by atoms with Gasteiger partial charge in [0, 0.05) is 19.0 Å². The fourth-order valence-corrected chi connectivity index (χ4v) is 2.41. The molecule has 2 rings (SSSR count). The average molecular weight is 264 g/mol. The number of para-hydroxylation sites is 1. The van der Waals surface area contributed by atoms with E-state index in [-0.39, 0.29) is 23.2 Å². The minimum Gasteiger partial charge on any atom is -0.393 e. The number of benzene rings is 1. The lowest BCUT2D eigenvalue weighted by Gasteiger charge is -2.32. The maximum atomic E-state index is 11.1. The van der Waals surface area contributed by atoms with E-state index in [4.69, 9.17) is 11.5 Å². The van der Waals surface area contributed by atoms with E-state index in [1.165, 1.54) is 6.07 Å². The van der Waals surface area contributed by atoms with Crippen LogP contribution in [-0.2, 0) is 4.79 Å². The van der Waals surface area contributed by atoms with Crippen molar-refractivity contribution in [2.75, 3.05) is 23.7 Å². The van der Waals surface area contributed by atoms with Gasteiger partial charge in [0.25, 0.3) is 0 Å². The minimum absolute atomic E-state index is 0.0694. The summed E-state index contributed by atoms with van der Waals surface area (Å²) in [6.45, 7) is 1.13. The van der Waals surface area contributed by atoms with Crippen LogP contribution in [0.15, 0.2) is 18.2 Å². The zero-order valence-electron chi connectivity index (χ0n) is 10.4. The van der Waals surface area contributed by atoms with Crippen molar-refractivity contribution >= 4 is 23.0 Å². The number of piperidine rings is 1. The van der Waals surface area contributed by atoms with Crippen molar-refractivity contribution < 1.29 is 9.72 Å². The fourth-order valence-electron chi connectivity index (χ4n) is 2.41. The Morgan fingerprint density at radius 2 is 2.00 bits per heavy atom. The van der Waals surface area contributed by atoms with Crippen LogP contribution in [0.3, 0.4) is 0 Å². The number of carbonyl (C=O) groups excluding carboxylic acids is 1. The van der Waals surface area contributed by atoms with Crippen LogP contribution < -0.4 is 16.4 Å². The van der Waals surface area contributed by atoms with Gasteiger partial charge in [-0.3, -0.25) is 14.9 Å². The molecule has 0 unspecified atom stereocenters. The van der Waals surface area contributed by atoms with Gasteiger partial charge in [-0.25, -0.2) is 0 Å². The van der Waals surface area contributed by atoms with Crippen LogP contribution in [0.25, 0.3) is 0 Å². The highest BCUT2D eigenvalue weighted by atomic mass is 16.6. The molecule has 1 aliphatic heterocycles. The van der Waals surface area contributed by atoms with Gasteiger partial charge in [0.15, 0.2) is 0 Å². The number of nitrogens with two attached hydrogens (primary N) is 2. The first kappa shape index (κ1) is 13.1. The first-order chi connectivity index (χ1) is 9.00. The lowest BCUT2D eigenvalue weighted by atomic mass is 9.96. The molecule has 102 valence electrons. The number of hydrogen-bond acceptors (Lipinski definition) is 5. The average Bonchev–Trinajstić information content (AvgIpc) is 2.38. The summed E-state index contributed by atoms with van der Waals surface area (Å²) in [7, 11) is 0. The van der Waals surface area contributed by atoms with Gasteiger partial charge in [-0.05, 0) is 25.0 Å². The topological polar surface area (TPSA) is 115 Å². The van der Waals surface area contributed by atoms with Crippen LogP contribution in [0, 0.1) is 16.0 Å². The standard InChI is InChI=1S/C12H16N4O3/c13-9-2-1-3-10(11(9)16(18)19)15-6-4-8(5-7-15)12(14)17/h1-3,8H,4-7,13H2,(H2,14,17). The molecule has 0 spiro atoms. The van der Waals surface area contributed by atoms with E-state index in [1.807, 2.05) is 4.90 Å². The molecule has 1 fully saturated rings. The lowest BCUT2D eigenvalue weighted by molar-refractivity contribution is -0.383. The Balaban J connectivity index is 2.22. The largest absolute Gasteiger partial charge is 0.393 e. The second-order valence-corrected chi connectivity index (χ2v) is 4.64. The molecule has 1 amide bonds. The molecule has 7 nitrogen and oxygen atoms in total. The number of hydrogen-bond donors (Lipinski definition) is 2. The number of carbonyl (C=O) groups is 1. The number of nitro groups is 1. The molecule has 4 N–H and O–H groups in total. The van der Waals surface area contributed by atoms with Crippen LogP contribution in [0.1, 0.15) is 12.8 Å². The summed E-state index contributed by atoms with van der Waals surface area (Å²) < 4.78 is 0. The highest BCUT2D eigenvalue weighted by Crippen LogP contribution is 2.35. The first-order valence-electron chi connectivity index (χ1n) is 6.08. The van der Waals surface area contributed by atoms with Gasteiger partial charge >= 0.3 is 5.69 Å². The van der Waals surface area contributed by atoms with Gasteiger partial charge < -0.3 is 16.4 Å². The number of nitro benzene ring substituents is 1. The van der Waals surface area contributed by atoms with Gasteiger partial charge in [-0.2, -0.15) is 0 Å². The van der Waals surface area contributed by atoms with Crippen molar-refractivity contribution in [2.45, 2.75) is 12.8 Å². The van der Waals surface area contributed by atoms with E-state index in [2.05, 4.69) is 0 Å². The molecule has 1 aromatic carbocycles. The Kier molecular flexibility index (Phi) is 3.55. The zero-order chi connectivity index (χ0) is 14.0. The van der Waals surface area contributed by atoms with Gasteiger partial charge in [0.05, 0.1) is 4.92 Å². The second kappa shape index (κ2) is 5.13. The molecule has 1 aromatic rings. The number of primary amides is 1. The van der Waals surface area contributed by atoms with Crippen molar-refractivity contribution in [2.24, 2.45) is 11.7 Å². The SMILES string of the molecule is NC(=O)C1CCN(c2cccc(N)c2[N+](=O)[O-])CC1. The monoisotopic (exact) mass is 264 g/mol. The van der Waals surface area contributed by atoms with Crippen molar-refractivity contribution in [3.63, 3.8) is 0 Å². The summed E-state index contributed by atoms with van der Waals surface area (Å²) in [6.07, 6.45) is 1.22. The minimum atomic E-state index is -0.467.